The normalized spacial score (nSPS) is 19.0. The van der Waals surface area contributed by atoms with Crippen LogP contribution in [0, 0.1) is 0 Å². The third kappa shape index (κ3) is 5.13. The molecule has 0 spiro atoms. The molecule has 1 N–H and O–H groups in total. The molecule has 0 unspecified atom stereocenters. The van der Waals surface area contributed by atoms with E-state index in [1.54, 1.807) is 11.9 Å². The summed E-state index contributed by atoms with van der Waals surface area (Å²) in [5, 5.41) is 0. The van der Waals surface area contributed by atoms with Crippen LogP contribution in [-0.2, 0) is 16.2 Å². The van der Waals surface area contributed by atoms with Crippen LogP contribution in [0.2, 0.25) is 0 Å². The first kappa shape index (κ1) is 22.7. The molecule has 0 aliphatic carbocycles. The SMILES string of the molecule is C[C@H]1[C@@H](c2ccccc2)N(C(=O)C[C@H](NOCc2ccccc2)c2ccccc2)C(=O)N1C. The fourth-order valence-corrected chi connectivity index (χ4v) is 4.22. The highest BCUT2D eigenvalue weighted by Gasteiger charge is 2.45. The van der Waals surface area contributed by atoms with Crippen molar-refractivity contribution in [1.82, 2.24) is 15.3 Å². The molecule has 170 valence electrons. The number of amides is 3. The van der Waals surface area contributed by atoms with Crippen LogP contribution < -0.4 is 5.48 Å². The Balaban J connectivity index is 1.53. The molecule has 0 saturated carbocycles. The minimum absolute atomic E-state index is 0.0917. The number of nitrogens with one attached hydrogen (secondary N) is 1. The number of hydrogen-bond donors (Lipinski definition) is 1. The van der Waals surface area contributed by atoms with Gasteiger partial charge in [-0.3, -0.25) is 14.5 Å². The van der Waals surface area contributed by atoms with E-state index in [-0.39, 0.29) is 30.4 Å². The lowest BCUT2D eigenvalue weighted by atomic mass is 9.99. The van der Waals surface area contributed by atoms with Crippen molar-refractivity contribution in [3.63, 3.8) is 0 Å². The van der Waals surface area contributed by atoms with Gasteiger partial charge in [-0.1, -0.05) is 91.0 Å². The van der Waals surface area contributed by atoms with E-state index in [0.717, 1.165) is 16.7 Å². The molecule has 33 heavy (non-hydrogen) atoms. The fraction of sp³-hybridized carbons (Fsp3) is 0.259. The average molecular weight is 444 g/mol. The van der Waals surface area contributed by atoms with Crippen molar-refractivity contribution >= 4 is 11.9 Å². The first-order valence-electron chi connectivity index (χ1n) is 11.2. The Morgan fingerprint density at radius 2 is 1.52 bits per heavy atom. The summed E-state index contributed by atoms with van der Waals surface area (Å²) in [5.74, 6) is -0.241. The summed E-state index contributed by atoms with van der Waals surface area (Å²) in [6.07, 6.45) is 0.0917. The van der Waals surface area contributed by atoms with Crippen LogP contribution in [0.3, 0.4) is 0 Å². The Labute approximate surface area is 194 Å². The molecule has 0 aromatic heterocycles. The molecule has 6 heteroatoms. The number of nitrogens with zero attached hydrogens (tertiary/aromatic N) is 2. The summed E-state index contributed by atoms with van der Waals surface area (Å²) in [5.41, 5.74) is 5.95. The van der Waals surface area contributed by atoms with E-state index >= 15 is 0 Å². The first-order valence-corrected chi connectivity index (χ1v) is 11.2. The van der Waals surface area contributed by atoms with Crippen LogP contribution in [0.4, 0.5) is 4.79 Å². The van der Waals surface area contributed by atoms with Gasteiger partial charge in [0.05, 0.1) is 24.7 Å². The van der Waals surface area contributed by atoms with Gasteiger partial charge in [0.15, 0.2) is 0 Å². The zero-order chi connectivity index (χ0) is 23.2. The van der Waals surface area contributed by atoms with Crippen molar-refractivity contribution in [3.05, 3.63) is 108 Å². The molecule has 3 amide bonds. The number of carbonyl (C=O) groups excluding carboxylic acids is 2. The van der Waals surface area contributed by atoms with Gasteiger partial charge in [-0.05, 0) is 23.6 Å². The Hall–Kier alpha value is -3.48. The van der Waals surface area contributed by atoms with Gasteiger partial charge in [0, 0.05) is 13.5 Å². The molecule has 3 atom stereocenters. The quantitative estimate of drug-likeness (QED) is 0.505. The Morgan fingerprint density at radius 1 is 0.939 bits per heavy atom. The molecule has 1 aliphatic heterocycles. The summed E-state index contributed by atoms with van der Waals surface area (Å²) in [6.45, 7) is 2.34. The fourth-order valence-electron chi connectivity index (χ4n) is 4.22. The molecule has 0 radical (unpaired) electrons. The molecule has 1 saturated heterocycles. The highest BCUT2D eigenvalue weighted by Crippen LogP contribution is 2.35. The average Bonchev–Trinajstić information content (AvgIpc) is 3.09. The van der Waals surface area contributed by atoms with Crippen molar-refractivity contribution in [2.75, 3.05) is 7.05 Å². The lowest BCUT2D eigenvalue weighted by Crippen LogP contribution is -2.38. The van der Waals surface area contributed by atoms with Crippen LogP contribution in [0.1, 0.15) is 42.1 Å². The van der Waals surface area contributed by atoms with Gasteiger partial charge in [-0.15, -0.1) is 0 Å². The van der Waals surface area contributed by atoms with Gasteiger partial charge in [0.1, 0.15) is 0 Å². The monoisotopic (exact) mass is 443 g/mol. The van der Waals surface area contributed by atoms with Crippen LogP contribution >= 0.6 is 0 Å². The van der Waals surface area contributed by atoms with Crippen molar-refractivity contribution in [2.45, 2.75) is 38.1 Å². The summed E-state index contributed by atoms with van der Waals surface area (Å²) >= 11 is 0. The van der Waals surface area contributed by atoms with E-state index in [4.69, 9.17) is 4.84 Å². The van der Waals surface area contributed by atoms with E-state index in [1.165, 1.54) is 4.90 Å². The smallest absolute Gasteiger partial charge is 0.322 e. The van der Waals surface area contributed by atoms with Gasteiger partial charge in [-0.25, -0.2) is 4.79 Å². The molecule has 6 nitrogen and oxygen atoms in total. The number of hydroxylamine groups is 1. The van der Waals surface area contributed by atoms with Gasteiger partial charge in [0.2, 0.25) is 5.91 Å². The van der Waals surface area contributed by atoms with E-state index in [9.17, 15) is 9.59 Å². The van der Waals surface area contributed by atoms with Crippen molar-refractivity contribution in [2.24, 2.45) is 0 Å². The molecule has 1 heterocycles. The van der Waals surface area contributed by atoms with Crippen LogP contribution in [0.25, 0.3) is 0 Å². The Bertz CT molecular complexity index is 1060. The zero-order valence-corrected chi connectivity index (χ0v) is 18.9. The van der Waals surface area contributed by atoms with Crippen molar-refractivity contribution < 1.29 is 14.4 Å². The van der Waals surface area contributed by atoms with Crippen molar-refractivity contribution in [1.29, 1.82) is 0 Å². The molecular formula is C27H29N3O3. The summed E-state index contributed by atoms with van der Waals surface area (Å²) in [4.78, 5) is 35.4. The molecule has 3 aromatic rings. The number of benzene rings is 3. The van der Waals surface area contributed by atoms with Gasteiger partial charge in [-0.2, -0.15) is 5.48 Å². The zero-order valence-electron chi connectivity index (χ0n) is 18.9. The van der Waals surface area contributed by atoms with Crippen LogP contribution in [0.5, 0.6) is 0 Å². The lowest BCUT2D eigenvalue weighted by Gasteiger charge is -2.26. The maximum atomic E-state index is 13.5. The molecular weight excluding hydrogens is 414 g/mol. The van der Waals surface area contributed by atoms with E-state index < -0.39 is 6.04 Å². The van der Waals surface area contributed by atoms with E-state index in [1.807, 2.05) is 97.9 Å². The topological polar surface area (TPSA) is 61.9 Å². The summed E-state index contributed by atoms with van der Waals surface area (Å²) in [7, 11) is 1.74. The Morgan fingerprint density at radius 3 is 2.15 bits per heavy atom. The number of hydrogen-bond acceptors (Lipinski definition) is 4. The summed E-state index contributed by atoms with van der Waals surface area (Å²) < 4.78 is 0. The van der Waals surface area contributed by atoms with Crippen molar-refractivity contribution in [3.8, 4) is 0 Å². The molecule has 3 aromatic carbocycles. The predicted octanol–water partition coefficient (Wildman–Crippen LogP) is 4.86. The maximum absolute atomic E-state index is 13.5. The summed E-state index contributed by atoms with van der Waals surface area (Å²) in [6, 6.07) is 28.1. The predicted molar refractivity (Wildman–Crippen MR) is 127 cm³/mol. The number of carbonyl (C=O) groups is 2. The number of rotatable bonds is 8. The van der Waals surface area contributed by atoms with E-state index in [0.29, 0.717) is 6.61 Å². The maximum Gasteiger partial charge on any atom is 0.327 e. The lowest BCUT2D eigenvalue weighted by molar-refractivity contribution is -0.131. The number of imide groups is 1. The van der Waals surface area contributed by atoms with Crippen LogP contribution in [0.15, 0.2) is 91.0 Å². The minimum atomic E-state index is -0.396. The van der Waals surface area contributed by atoms with Gasteiger partial charge >= 0.3 is 6.03 Å². The highest BCUT2D eigenvalue weighted by atomic mass is 16.6. The third-order valence-electron chi connectivity index (χ3n) is 6.15. The van der Waals surface area contributed by atoms with Crippen LogP contribution in [-0.4, -0.2) is 34.8 Å². The first-order chi connectivity index (χ1) is 16.1. The molecule has 0 bridgehead atoms. The molecule has 4 rings (SSSR count). The Kier molecular flexibility index (Phi) is 7.17. The second kappa shape index (κ2) is 10.4. The molecule has 1 aliphatic rings. The van der Waals surface area contributed by atoms with Gasteiger partial charge < -0.3 is 4.90 Å². The minimum Gasteiger partial charge on any atom is -0.322 e. The second-order valence-electron chi connectivity index (χ2n) is 8.31. The standard InChI is InChI=1S/C27H29N3O3/c1-20-26(23-16-10-5-11-17-23)30(27(32)29(20)2)25(31)18-24(22-14-8-4-9-15-22)28-33-19-21-12-6-3-7-13-21/h3-17,20,24,26,28H,18-19H2,1-2H3/t20-,24-,26-/m0/s1. The third-order valence-corrected chi connectivity index (χ3v) is 6.15. The number of likely N-dealkylation sites (N-methyl/N-ethyl adjacent to an activating group) is 1. The molecule has 1 fully saturated rings. The largest absolute Gasteiger partial charge is 0.327 e. The number of urea groups is 1. The highest BCUT2D eigenvalue weighted by molar-refractivity contribution is 5.97. The van der Waals surface area contributed by atoms with E-state index in [2.05, 4.69) is 5.48 Å². The second-order valence-corrected chi connectivity index (χ2v) is 8.31. The van der Waals surface area contributed by atoms with Gasteiger partial charge in [0.25, 0.3) is 0 Å².